The highest BCUT2D eigenvalue weighted by atomic mass is 16.5. The van der Waals surface area contributed by atoms with Crippen molar-refractivity contribution in [2.45, 2.75) is 38.2 Å². The minimum atomic E-state index is -0.732. The molecule has 2 aromatic carbocycles. The lowest BCUT2D eigenvalue weighted by atomic mass is 9.97. The van der Waals surface area contributed by atoms with Gasteiger partial charge in [0.1, 0.15) is 0 Å². The molecule has 0 bridgehead atoms. The highest BCUT2D eigenvalue weighted by molar-refractivity contribution is 5.48. The maximum absolute atomic E-state index is 10.5. The van der Waals surface area contributed by atoms with Crippen LogP contribution in [0.4, 0.5) is 0 Å². The zero-order valence-corrected chi connectivity index (χ0v) is 16.5. The average Bonchev–Trinajstić information content (AvgIpc) is 2.72. The summed E-state index contributed by atoms with van der Waals surface area (Å²) in [5.74, 6) is 1.45. The van der Waals surface area contributed by atoms with E-state index in [4.69, 9.17) is 14.6 Å². The van der Waals surface area contributed by atoms with E-state index < -0.39 is 12.2 Å². The first-order chi connectivity index (χ1) is 13.5. The Morgan fingerprint density at radius 2 is 1.64 bits per heavy atom. The third-order valence-electron chi connectivity index (χ3n) is 5.31. The Morgan fingerprint density at radius 3 is 2.25 bits per heavy atom. The van der Waals surface area contributed by atoms with E-state index in [2.05, 4.69) is 4.90 Å². The van der Waals surface area contributed by atoms with Gasteiger partial charge in [0.05, 0.1) is 33.0 Å². The second-order valence-corrected chi connectivity index (χ2v) is 7.27. The number of ether oxygens (including phenoxy) is 2. The van der Waals surface area contributed by atoms with E-state index >= 15 is 0 Å². The molecular weight excluding hydrogens is 358 g/mol. The molecule has 0 saturated heterocycles. The van der Waals surface area contributed by atoms with Crippen LogP contribution in [0.15, 0.2) is 36.4 Å². The lowest BCUT2D eigenvalue weighted by Gasteiger charge is -2.31. The van der Waals surface area contributed by atoms with Gasteiger partial charge in [0.15, 0.2) is 11.5 Å². The van der Waals surface area contributed by atoms with Crippen molar-refractivity contribution < 1.29 is 24.8 Å². The first-order valence-electron chi connectivity index (χ1n) is 9.56. The van der Waals surface area contributed by atoms with Gasteiger partial charge < -0.3 is 24.8 Å². The molecule has 1 aliphatic rings. The predicted molar refractivity (Wildman–Crippen MR) is 106 cm³/mol. The van der Waals surface area contributed by atoms with Crippen LogP contribution in [0.1, 0.15) is 34.8 Å². The average molecular weight is 387 g/mol. The van der Waals surface area contributed by atoms with Crippen molar-refractivity contribution in [2.24, 2.45) is 0 Å². The highest BCUT2D eigenvalue weighted by Gasteiger charge is 2.22. The van der Waals surface area contributed by atoms with Crippen molar-refractivity contribution in [3.63, 3.8) is 0 Å². The Labute approximate surface area is 166 Å². The predicted octanol–water partition coefficient (Wildman–Crippen LogP) is 2.04. The summed E-state index contributed by atoms with van der Waals surface area (Å²) >= 11 is 0. The van der Waals surface area contributed by atoms with Gasteiger partial charge in [-0.15, -0.1) is 0 Å². The Bertz CT molecular complexity index is 777. The zero-order valence-electron chi connectivity index (χ0n) is 16.5. The van der Waals surface area contributed by atoms with Crippen molar-refractivity contribution in [2.75, 3.05) is 27.3 Å². The molecular formula is C22H29NO5. The molecule has 3 rings (SSSR count). The lowest BCUT2D eigenvalue weighted by Crippen LogP contribution is -2.37. The number of rotatable bonds is 8. The lowest BCUT2D eigenvalue weighted by molar-refractivity contribution is 0.0502. The fourth-order valence-electron chi connectivity index (χ4n) is 3.71. The number of aliphatic hydroxyl groups excluding tert-OH is 3. The molecule has 0 aliphatic carbocycles. The minimum absolute atomic E-state index is 0.0217. The summed E-state index contributed by atoms with van der Waals surface area (Å²) in [6, 6.07) is 11.2. The van der Waals surface area contributed by atoms with Crippen LogP contribution in [0.25, 0.3) is 0 Å². The van der Waals surface area contributed by atoms with Gasteiger partial charge in [-0.1, -0.05) is 24.3 Å². The Hall–Kier alpha value is -2.12. The molecule has 1 aliphatic heterocycles. The molecule has 0 radical (unpaired) electrons. The summed E-state index contributed by atoms with van der Waals surface area (Å²) in [5.41, 5.74) is 3.97. The fourth-order valence-corrected chi connectivity index (χ4v) is 3.71. The smallest absolute Gasteiger partial charge is 0.161 e. The number of methoxy groups -OCH3 is 2. The van der Waals surface area contributed by atoms with Crippen molar-refractivity contribution in [1.29, 1.82) is 0 Å². The third kappa shape index (κ3) is 4.83. The number of hydrogen-bond acceptors (Lipinski definition) is 6. The Balaban J connectivity index is 1.58. The molecule has 2 atom stereocenters. The Kier molecular flexibility index (Phi) is 6.91. The first-order valence-corrected chi connectivity index (χ1v) is 9.56. The van der Waals surface area contributed by atoms with Crippen LogP contribution in [0, 0.1) is 0 Å². The van der Waals surface area contributed by atoms with Gasteiger partial charge in [-0.2, -0.15) is 0 Å². The summed E-state index contributed by atoms with van der Waals surface area (Å²) in [7, 11) is 3.27. The van der Waals surface area contributed by atoms with E-state index in [1.165, 1.54) is 11.1 Å². The van der Waals surface area contributed by atoms with Crippen molar-refractivity contribution in [3.05, 3.63) is 58.7 Å². The normalized spacial score (nSPS) is 16.3. The standard InChI is InChI=1S/C22H29NO5/c1-27-21-9-17-7-8-23(12-18(17)10-22(21)28-2)13-19(25)11-20(26)16-5-3-15(14-24)4-6-16/h3-6,9-10,19-20,24-26H,7-8,11-14H2,1-2H3/t19-,20+/m0/s1. The monoisotopic (exact) mass is 387 g/mol. The second-order valence-electron chi connectivity index (χ2n) is 7.27. The molecule has 0 fully saturated rings. The topological polar surface area (TPSA) is 82.4 Å². The van der Waals surface area contributed by atoms with Gasteiger partial charge in [0.2, 0.25) is 0 Å². The van der Waals surface area contributed by atoms with E-state index in [1.54, 1.807) is 38.5 Å². The zero-order chi connectivity index (χ0) is 20.1. The van der Waals surface area contributed by atoms with E-state index in [9.17, 15) is 10.2 Å². The number of benzene rings is 2. The summed E-state index contributed by atoms with van der Waals surface area (Å²) in [6.45, 7) is 2.06. The van der Waals surface area contributed by atoms with Crippen molar-refractivity contribution in [3.8, 4) is 11.5 Å². The summed E-state index contributed by atoms with van der Waals surface area (Å²) in [6.07, 6.45) is -0.208. The molecule has 0 aromatic heterocycles. The molecule has 6 heteroatoms. The molecule has 2 aromatic rings. The molecule has 1 heterocycles. The molecule has 0 saturated carbocycles. The molecule has 6 nitrogen and oxygen atoms in total. The number of hydrogen-bond donors (Lipinski definition) is 3. The van der Waals surface area contributed by atoms with Crippen LogP contribution in [-0.2, 0) is 19.6 Å². The van der Waals surface area contributed by atoms with Crippen LogP contribution in [0.3, 0.4) is 0 Å². The number of nitrogens with zero attached hydrogens (tertiary/aromatic N) is 1. The largest absolute Gasteiger partial charge is 0.493 e. The van der Waals surface area contributed by atoms with Crippen molar-refractivity contribution >= 4 is 0 Å². The summed E-state index contributed by atoms with van der Waals surface area (Å²) in [4.78, 5) is 2.19. The molecule has 0 amide bonds. The van der Waals surface area contributed by atoms with Gasteiger partial charge in [-0.3, -0.25) is 4.90 Å². The van der Waals surface area contributed by atoms with Gasteiger partial charge in [0.25, 0.3) is 0 Å². The SMILES string of the molecule is COc1cc2c(cc1OC)CN(C[C@@H](O)C[C@@H](O)c1ccc(CO)cc1)CC2. The number of aliphatic hydroxyl groups is 3. The van der Waals surface area contributed by atoms with Crippen LogP contribution in [-0.4, -0.2) is 53.6 Å². The van der Waals surface area contributed by atoms with E-state index in [-0.39, 0.29) is 13.0 Å². The van der Waals surface area contributed by atoms with Gasteiger partial charge in [-0.25, -0.2) is 0 Å². The quantitative estimate of drug-likeness (QED) is 0.643. The fraction of sp³-hybridized carbons (Fsp3) is 0.455. The maximum Gasteiger partial charge on any atom is 0.161 e. The Morgan fingerprint density at radius 1 is 1.00 bits per heavy atom. The number of fused-ring (bicyclic) bond motifs is 1. The van der Waals surface area contributed by atoms with Gasteiger partial charge in [0, 0.05) is 26.1 Å². The molecule has 28 heavy (non-hydrogen) atoms. The van der Waals surface area contributed by atoms with E-state index in [0.29, 0.717) is 12.3 Å². The van der Waals surface area contributed by atoms with Crippen molar-refractivity contribution in [1.82, 2.24) is 4.90 Å². The molecule has 0 unspecified atom stereocenters. The van der Waals surface area contributed by atoms with Gasteiger partial charge in [-0.05, 0) is 40.8 Å². The minimum Gasteiger partial charge on any atom is -0.493 e. The molecule has 152 valence electrons. The summed E-state index contributed by atoms with van der Waals surface area (Å²) < 4.78 is 10.8. The molecule has 0 spiro atoms. The van der Waals surface area contributed by atoms with Crippen LogP contribution in [0.2, 0.25) is 0 Å². The van der Waals surface area contributed by atoms with E-state index in [0.717, 1.165) is 36.4 Å². The number of β-amino-alcohol motifs (C(OH)–C–C–N with tert-alkyl or cyclic N) is 1. The van der Waals surface area contributed by atoms with Gasteiger partial charge >= 0.3 is 0 Å². The highest BCUT2D eigenvalue weighted by Crippen LogP contribution is 2.33. The third-order valence-corrected chi connectivity index (χ3v) is 5.31. The van der Waals surface area contributed by atoms with Crippen LogP contribution < -0.4 is 9.47 Å². The maximum atomic E-state index is 10.5. The summed E-state index contributed by atoms with van der Waals surface area (Å²) in [5, 5.41) is 30.0. The van der Waals surface area contributed by atoms with Crippen LogP contribution >= 0.6 is 0 Å². The van der Waals surface area contributed by atoms with E-state index in [1.807, 2.05) is 12.1 Å². The first kappa shape index (κ1) is 20.6. The second kappa shape index (κ2) is 9.39. The molecule has 3 N–H and O–H groups in total. The van der Waals surface area contributed by atoms with Crippen LogP contribution in [0.5, 0.6) is 11.5 Å².